The molecule has 146 valence electrons. The zero-order chi connectivity index (χ0) is 20.0. The molecule has 4 rings (SSSR count). The summed E-state index contributed by atoms with van der Waals surface area (Å²) in [6, 6.07) is 4.92. The molecule has 2 aliphatic carbocycles. The molecule has 2 amide bonds. The lowest BCUT2D eigenvalue weighted by Crippen LogP contribution is -2.38. The first-order valence-electron chi connectivity index (χ1n) is 9.15. The lowest BCUT2D eigenvalue weighted by molar-refractivity contribution is -0.384. The van der Waals surface area contributed by atoms with Crippen molar-refractivity contribution < 1.29 is 28.8 Å². The van der Waals surface area contributed by atoms with Gasteiger partial charge in [0.05, 0.1) is 16.8 Å². The zero-order valence-corrected chi connectivity index (χ0v) is 14.9. The Hall–Kier alpha value is -3.10. The molecule has 2 bridgehead atoms. The second-order valence-corrected chi connectivity index (χ2v) is 7.54. The molecule has 9 nitrogen and oxygen atoms in total. The molecule has 0 spiro atoms. The quantitative estimate of drug-likeness (QED) is 0.238. The fourth-order valence-electron chi connectivity index (χ4n) is 4.80. The normalized spacial score (nSPS) is 27.8. The van der Waals surface area contributed by atoms with Crippen molar-refractivity contribution in [2.45, 2.75) is 19.3 Å². The predicted molar refractivity (Wildman–Crippen MR) is 92.9 cm³/mol. The number of amides is 2. The van der Waals surface area contributed by atoms with E-state index in [4.69, 9.17) is 4.74 Å². The van der Waals surface area contributed by atoms with Crippen LogP contribution in [0.2, 0.25) is 0 Å². The molecule has 1 saturated heterocycles. The van der Waals surface area contributed by atoms with E-state index in [2.05, 4.69) is 0 Å². The highest BCUT2D eigenvalue weighted by atomic mass is 16.6. The van der Waals surface area contributed by atoms with E-state index in [0.717, 1.165) is 24.2 Å². The number of non-ortho nitro benzene ring substituents is 1. The molecule has 3 fully saturated rings. The summed E-state index contributed by atoms with van der Waals surface area (Å²) in [6.07, 6.45) is 2.81. The van der Waals surface area contributed by atoms with Crippen LogP contribution in [-0.2, 0) is 19.1 Å². The van der Waals surface area contributed by atoms with Crippen LogP contribution >= 0.6 is 0 Å². The van der Waals surface area contributed by atoms with Crippen molar-refractivity contribution >= 4 is 29.3 Å². The maximum atomic E-state index is 12.5. The molecule has 1 heterocycles. The standard InChI is InChI=1S/C19H18N2O7/c22-14(10-3-5-13(6-4-10)21(26)27)9-28-15(23)8-20-18(24)16-11-1-2-12(7-11)17(16)19(20)25/h3-6,11-12,16-17H,1-2,7-9H2/t11-,12+,16-,17+. The monoisotopic (exact) mass is 386 g/mol. The number of Topliss-reactive ketones (excluding diaryl/α,β-unsaturated/α-hetero) is 1. The van der Waals surface area contributed by atoms with Crippen molar-refractivity contribution in [1.82, 2.24) is 4.90 Å². The Kier molecular flexibility index (Phi) is 4.44. The van der Waals surface area contributed by atoms with Crippen molar-refractivity contribution in [2.75, 3.05) is 13.2 Å². The molecular formula is C19H18N2O7. The number of imide groups is 1. The van der Waals surface area contributed by atoms with Gasteiger partial charge in [-0.05, 0) is 43.2 Å². The number of ketones is 1. The average Bonchev–Trinajstić information content (AvgIpc) is 3.36. The van der Waals surface area contributed by atoms with Gasteiger partial charge in [-0.1, -0.05) is 0 Å². The number of nitro benzene ring substituents is 1. The van der Waals surface area contributed by atoms with Gasteiger partial charge in [0.15, 0.2) is 12.4 Å². The maximum absolute atomic E-state index is 12.5. The first kappa shape index (κ1) is 18.3. The predicted octanol–water partition coefficient (Wildman–Crippen LogP) is 1.35. The highest BCUT2D eigenvalue weighted by Crippen LogP contribution is 2.56. The van der Waals surface area contributed by atoms with Gasteiger partial charge in [0.1, 0.15) is 6.54 Å². The number of likely N-dealkylation sites (tertiary alicyclic amines) is 1. The molecular weight excluding hydrogens is 368 g/mol. The van der Waals surface area contributed by atoms with Crippen LogP contribution in [0.1, 0.15) is 29.6 Å². The van der Waals surface area contributed by atoms with Crippen LogP contribution in [0.4, 0.5) is 5.69 Å². The Morgan fingerprint density at radius 3 is 2.18 bits per heavy atom. The minimum atomic E-state index is -0.829. The molecule has 0 aromatic heterocycles. The Balaban J connectivity index is 1.32. The molecule has 0 unspecified atom stereocenters. The first-order chi connectivity index (χ1) is 13.4. The van der Waals surface area contributed by atoms with Crippen LogP contribution in [0.25, 0.3) is 0 Å². The summed E-state index contributed by atoms with van der Waals surface area (Å²) in [5.41, 5.74) is 0.0111. The van der Waals surface area contributed by atoms with E-state index < -0.39 is 29.8 Å². The number of ether oxygens (including phenoxy) is 1. The van der Waals surface area contributed by atoms with Crippen molar-refractivity contribution in [3.63, 3.8) is 0 Å². The van der Waals surface area contributed by atoms with Gasteiger partial charge in [0.25, 0.3) is 5.69 Å². The SMILES string of the molecule is O=C(CN1C(=O)[C@@H]2[C@@H]3CC[C@@H](C3)[C@@H]2C1=O)OCC(=O)c1ccc([N+](=O)[O-])cc1. The molecule has 1 aromatic carbocycles. The minimum Gasteiger partial charge on any atom is -0.456 e. The van der Waals surface area contributed by atoms with Gasteiger partial charge in [-0.25, -0.2) is 0 Å². The van der Waals surface area contributed by atoms with E-state index in [0.29, 0.717) is 0 Å². The number of carbonyl (C=O) groups is 4. The number of esters is 1. The number of nitrogens with zero attached hydrogens (tertiary/aromatic N) is 2. The Morgan fingerprint density at radius 2 is 1.64 bits per heavy atom. The molecule has 1 aliphatic heterocycles. The van der Waals surface area contributed by atoms with Gasteiger partial charge < -0.3 is 4.74 Å². The zero-order valence-electron chi connectivity index (χ0n) is 14.9. The van der Waals surface area contributed by atoms with Gasteiger partial charge in [0, 0.05) is 17.7 Å². The summed E-state index contributed by atoms with van der Waals surface area (Å²) in [6.45, 7) is -1.05. The van der Waals surface area contributed by atoms with E-state index in [-0.39, 0.29) is 46.7 Å². The molecule has 1 aromatic rings. The van der Waals surface area contributed by atoms with Crippen LogP contribution in [0, 0.1) is 33.8 Å². The Labute approximate surface area is 159 Å². The van der Waals surface area contributed by atoms with Crippen molar-refractivity contribution in [3.05, 3.63) is 39.9 Å². The van der Waals surface area contributed by atoms with Gasteiger partial charge in [-0.2, -0.15) is 0 Å². The molecule has 3 aliphatic rings. The molecule has 28 heavy (non-hydrogen) atoms. The van der Waals surface area contributed by atoms with Crippen LogP contribution in [-0.4, -0.2) is 46.5 Å². The first-order valence-corrected chi connectivity index (χ1v) is 9.15. The lowest BCUT2D eigenvalue weighted by Gasteiger charge is -2.19. The summed E-state index contributed by atoms with van der Waals surface area (Å²) in [5, 5.41) is 10.6. The fourth-order valence-corrected chi connectivity index (χ4v) is 4.80. The number of benzene rings is 1. The third kappa shape index (κ3) is 2.96. The van der Waals surface area contributed by atoms with E-state index in [1.807, 2.05) is 0 Å². The third-order valence-electron chi connectivity index (χ3n) is 6.07. The number of rotatable bonds is 6. The van der Waals surface area contributed by atoms with Crippen LogP contribution in [0.15, 0.2) is 24.3 Å². The number of hydrogen-bond acceptors (Lipinski definition) is 7. The van der Waals surface area contributed by atoms with E-state index in [1.165, 1.54) is 24.3 Å². The minimum absolute atomic E-state index is 0.154. The maximum Gasteiger partial charge on any atom is 0.326 e. The van der Waals surface area contributed by atoms with Crippen LogP contribution in [0.5, 0.6) is 0 Å². The summed E-state index contributed by atoms with van der Waals surface area (Å²) >= 11 is 0. The molecule has 2 saturated carbocycles. The summed E-state index contributed by atoms with van der Waals surface area (Å²) in [7, 11) is 0. The largest absolute Gasteiger partial charge is 0.456 e. The number of fused-ring (bicyclic) bond motifs is 5. The van der Waals surface area contributed by atoms with Gasteiger partial charge in [-0.15, -0.1) is 0 Å². The van der Waals surface area contributed by atoms with E-state index in [1.54, 1.807) is 0 Å². The summed E-state index contributed by atoms with van der Waals surface area (Å²) in [5.74, 6) is -2.11. The van der Waals surface area contributed by atoms with Crippen molar-refractivity contribution in [2.24, 2.45) is 23.7 Å². The second kappa shape index (κ2) is 6.81. The fraction of sp³-hybridized carbons (Fsp3) is 0.474. The van der Waals surface area contributed by atoms with Crippen molar-refractivity contribution in [3.8, 4) is 0 Å². The third-order valence-corrected chi connectivity index (χ3v) is 6.07. The van der Waals surface area contributed by atoms with Crippen LogP contribution < -0.4 is 0 Å². The second-order valence-electron chi connectivity index (χ2n) is 7.54. The van der Waals surface area contributed by atoms with Gasteiger partial charge in [0.2, 0.25) is 11.8 Å². The Morgan fingerprint density at radius 1 is 1.07 bits per heavy atom. The van der Waals surface area contributed by atoms with Gasteiger partial charge >= 0.3 is 5.97 Å². The topological polar surface area (TPSA) is 124 Å². The molecule has 0 radical (unpaired) electrons. The van der Waals surface area contributed by atoms with E-state index >= 15 is 0 Å². The molecule has 9 heteroatoms. The molecule has 4 atom stereocenters. The average molecular weight is 386 g/mol. The van der Waals surface area contributed by atoms with Gasteiger partial charge in [-0.3, -0.25) is 34.2 Å². The smallest absolute Gasteiger partial charge is 0.326 e. The number of carbonyl (C=O) groups excluding carboxylic acids is 4. The highest BCUT2D eigenvalue weighted by Gasteiger charge is 2.61. The van der Waals surface area contributed by atoms with Crippen molar-refractivity contribution in [1.29, 1.82) is 0 Å². The number of hydrogen-bond donors (Lipinski definition) is 0. The van der Waals surface area contributed by atoms with Crippen LogP contribution in [0.3, 0.4) is 0 Å². The summed E-state index contributed by atoms with van der Waals surface area (Å²) < 4.78 is 4.92. The Bertz CT molecular complexity index is 851. The lowest BCUT2D eigenvalue weighted by atomic mass is 9.81. The number of nitro groups is 1. The summed E-state index contributed by atoms with van der Waals surface area (Å²) in [4.78, 5) is 60.2. The molecule has 0 N–H and O–H groups in total. The highest BCUT2D eigenvalue weighted by molar-refractivity contribution is 6.08. The van der Waals surface area contributed by atoms with E-state index in [9.17, 15) is 29.3 Å².